The lowest BCUT2D eigenvalue weighted by molar-refractivity contribution is -0.385. The van der Waals surface area contributed by atoms with Gasteiger partial charge in [0.1, 0.15) is 0 Å². The van der Waals surface area contributed by atoms with Gasteiger partial charge in [-0.3, -0.25) is 14.9 Å². The van der Waals surface area contributed by atoms with Gasteiger partial charge in [0.05, 0.1) is 11.3 Å². The molecule has 0 radical (unpaired) electrons. The number of benzene rings is 2. The molecule has 0 aliphatic heterocycles. The molecule has 2 rings (SSSR count). The van der Waals surface area contributed by atoms with Crippen molar-refractivity contribution in [1.82, 2.24) is 0 Å². The van der Waals surface area contributed by atoms with E-state index in [1.165, 1.54) is 6.07 Å². The molecule has 0 aromatic heterocycles. The number of carbonyl (C=O) groups excluding carboxylic acids is 1. The van der Waals surface area contributed by atoms with Crippen LogP contribution in [-0.2, 0) is 11.2 Å². The Balaban J connectivity index is 2.08. The van der Waals surface area contributed by atoms with Crippen LogP contribution < -0.4 is 5.32 Å². The molecule has 5 nitrogen and oxygen atoms in total. The first-order valence-electron chi connectivity index (χ1n) is 6.15. The molecule has 0 saturated carbocycles. The van der Waals surface area contributed by atoms with Crippen molar-refractivity contribution in [3.8, 4) is 0 Å². The predicted octanol–water partition coefficient (Wildman–Crippen LogP) is 3.08. The average molecular weight is 270 g/mol. The van der Waals surface area contributed by atoms with Crippen LogP contribution in [-0.4, -0.2) is 10.8 Å². The quantitative estimate of drug-likeness (QED) is 0.685. The number of nitrogens with one attached hydrogen (secondary N) is 1. The minimum atomic E-state index is -0.456. The Morgan fingerprint density at radius 1 is 1.20 bits per heavy atom. The highest BCUT2D eigenvalue weighted by Gasteiger charge is 2.12. The summed E-state index contributed by atoms with van der Waals surface area (Å²) in [4.78, 5) is 22.3. The van der Waals surface area contributed by atoms with Gasteiger partial charge in [0.2, 0.25) is 5.91 Å². The molecule has 0 spiro atoms. The lowest BCUT2D eigenvalue weighted by atomic mass is 10.1. The molecular formula is C15H14N2O3. The van der Waals surface area contributed by atoms with Crippen LogP contribution in [0.25, 0.3) is 0 Å². The van der Waals surface area contributed by atoms with Crippen LogP contribution in [0.3, 0.4) is 0 Å². The number of hydrogen-bond donors (Lipinski definition) is 1. The fraction of sp³-hybridized carbons (Fsp3) is 0.133. The van der Waals surface area contributed by atoms with Gasteiger partial charge in [-0.1, -0.05) is 36.4 Å². The number of rotatable bonds is 4. The summed E-state index contributed by atoms with van der Waals surface area (Å²) < 4.78 is 0. The Labute approximate surface area is 116 Å². The molecule has 0 heterocycles. The second-order valence-corrected chi connectivity index (χ2v) is 4.47. The molecule has 0 unspecified atom stereocenters. The van der Waals surface area contributed by atoms with E-state index in [0.717, 1.165) is 5.56 Å². The number of nitrogens with zero attached hydrogens (tertiary/aromatic N) is 1. The summed E-state index contributed by atoms with van der Waals surface area (Å²) in [6.45, 7) is 1.66. The largest absolute Gasteiger partial charge is 0.326 e. The van der Waals surface area contributed by atoms with Gasteiger partial charge in [-0.05, 0) is 18.6 Å². The number of nitro benzene ring substituents is 1. The third-order valence-corrected chi connectivity index (χ3v) is 2.90. The van der Waals surface area contributed by atoms with Gasteiger partial charge in [0, 0.05) is 17.3 Å². The molecule has 1 N–H and O–H groups in total. The molecule has 20 heavy (non-hydrogen) atoms. The van der Waals surface area contributed by atoms with Gasteiger partial charge in [-0.2, -0.15) is 0 Å². The van der Waals surface area contributed by atoms with E-state index in [1.807, 2.05) is 30.3 Å². The first-order valence-corrected chi connectivity index (χ1v) is 6.15. The second kappa shape index (κ2) is 5.97. The highest BCUT2D eigenvalue weighted by molar-refractivity contribution is 5.92. The third kappa shape index (κ3) is 3.41. The first-order chi connectivity index (χ1) is 9.56. The molecular weight excluding hydrogens is 256 g/mol. The average Bonchev–Trinajstić information content (AvgIpc) is 2.41. The normalized spacial score (nSPS) is 10.1. The summed E-state index contributed by atoms with van der Waals surface area (Å²) in [5.74, 6) is -0.200. The van der Waals surface area contributed by atoms with Gasteiger partial charge in [-0.25, -0.2) is 0 Å². The summed E-state index contributed by atoms with van der Waals surface area (Å²) in [5.41, 5.74) is 1.90. The van der Waals surface area contributed by atoms with Crippen molar-refractivity contribution >= 4 is 17.3 Å². The van der Waals surface area contributed by atoms with Crippen LogP contribution in [0, 0.1) is 17.0 Å². The Hall–Kier alpha value is -2.69. The van der Waals surface area contributed by atoms with Crippen molar-refractivity contribution in [3.63, 3.8) is 0 Å². The molecule has 0 saturated heterocycles. The van der Waals surface area contributed by atoms with E-state index in [2.05, 4.69) is 5.32 Å². The summed E-state index contributed by atoms with van der Waals surface area (Å²) >= 11 is 0. The summed E-state index contributed by atoms with van der Waals surface area (Å²) in [7, 11) is 0. The van der Waals surface area contributed by atoms with E-state index in [4.69, 9.17) is 0 Å². The Morgan fingerprint density at radius 3 is 2.55 bits per heavy atom. The number of nitro groups is 1. The second-order valence-electron chi connectivity index (χ2n) is 4.47. The summed E-state index contributed by atoms with van der Waals surface area (Å²) in [6.07, 6.45) is 0.239. The molecule has 0 aliphatic carbocycles. The molecule has 0 atom stereocenters. The van der Waals surface area contributed by atoms with Crippen LogP contribution in [0.1, 0.15) is 11.1 Å². The zero-order chi connectivity index (χ0) is 14.5. The van der Waals surface area contributed by atoms with Crippen molar-refractivity contribution in [3.05, 3.63) is 69.8 Å². The predicted molar refractivity (Wildman–Crippen MR) is 76.6 cm³/mol. The van der Waals surface area contributed by atoms with E-state index in [-0.39, 0.29) is 18.0 Å². The maximum atomic E-state index is 11.9. The maximum absolute atomic E-state index is 11.9. The van der Waals surface area contributed by atoms with E-state index >= 15 is 0 Å². The van der Waals surface area contributed by atoms with Crippen molar-refractivity contribution in [2.24, 2.45) is 0 Å². The molecule has 102 valence electrons. The number of hydrogen-bond acceptors (Lipinski definition) is 3. The minimum Gasteiger partial charge on any atom is -0.326 e. The van der Waals surface area contributed by atoms with Crippen LogP contribution in [0.2, 0.25) is 0 Å². The first kappa shape index (κ1) is 13.7. The van der Waals surface area contributed by atoms with Crippen molar-refractivity contribution < 1.29 is 9.72 Å². The Bertz CT molecular complexity index is 639. The van der Waals surface area contributed by atoms with Gasteiger partial charge in [-0.15, -0.1) is 0 Å². The Kier molecular flexibility index (Phi) is 4.10. The van der Waals surface area contributed by atoms with E-state index in [9.17, 15) is 14.9 Å². The van der Waals surface area contributed by atoms with Crippen LogP contribution in [0.5, 0.6) is 0 Å². The number of anilines is 1. The molecule has 1 amide bonds. The molecule has 0 fully saturated rings. The standard InChI is InChI=1S/C15H14N2O3/c1-11-7-8-13(10-14(11)17(19)20)16-15(18)9-12-5-3-2-4-6-12/h2-8,10H,9H2,1H3,(H,16,18). The van der Waals surface area contributed by atoms with Gasteiger partial charge >= 0.3 is 0 Å². The van der Waals surface area contributed by atoms with Crippen LogP contribution in [0.15, 0.2) is 48.5 Å². The molecule has 2 aromatic carbocycles. The molecule has 0 bridgehead atoms. The zero-order valence-electron chi connectivity index (χ0n) is 11.0. The van der Waals surface area contributed by atoms with Crippen LogP contribution >= 0.6 is 0 Å². The third-order valence-electron chi connectivity index (χ3n) is 2.90. The van der Waals surface area contributed by atoms with E-state index in [0.29, 0.717) is 11.3 Å². The van der Waals surface area contributed by atoms with Crippen molar-refractivity contribution in [2.45, 2.75) is 13.3 Å². The summed E-state index contributed by atoms with van der Waals surface area (Å²) in [5, 5.41) is 13.5. The fourth-order valence-electron chi connectivity index (χ4n) is 1.87. The summed E-state index contributed by atoms with van der Waals surface area (Å²) in [6, 6.07) is 14.0. The minimum absolute atomic E-state index is 0.00233. The molecule has 2 aromatic rings. The van der Waals surface area contributed by atoms with Crippen LogP contribution in [0.4, 0.5) is 11.4 Å². The van der Waals surface area contributed by atoms with Gasteiger partial charge < -0.3 is 5.32 Å². The van der Waals surface area contributed by atoms with E-state index < -0.39 is 4.92 Å². The van der Waals surface area contributed by atoms with E-state index in [1.54, 1.807) is 19.1 Å². The fourth-order valence-corrected chi connectivity index (χ4v) is 1.87. The number of aryl methyl sites for hydroxylation is 1. The van der Waals surface area contributed by atoms with Gasteiger partial charge in [0.25, 0.3) is 5.69 Å². The number of amides is 1. The highest BCUT2D eigenvalue weighted by Crippen LogP contribution is 2.22. The topological polar surface area (TPSA) is 72.2 Å². The number of carbonyl (C=O) groups is 1. The Morgan fingerprint density at radius 2 is 1.90 bits per heavy atom. The smallest absolute Gasteiger partial charge is 0.274 e. The molecule has 0 aliphatic rings. The monoisotopic (exact) mass is 270 g/mol. The van der Waals surface area contributed by atoms with Crippen molar-refractivity contribution in [1.29, 1.82) is 0 Å². The highest BCUT2D eigenvalue weighted by atomic mass is 16.6. The maximum Gasteiger partial charge on any atom is 0.274 e. The van der Waals surface area contributed by atoms with Crippen molar-refractivity contribution in [2.75, 3.05) is 5.32 Å². The zero-order valence-corrected chi connectivity index (χ0v) is 11.0. The van der Waals surface area contributed by atoms with Gasteiger partial charge in [0.15, 0.2) is 0 Å². The lowest BCUT2D eigenvalue weighted by Gasteiger charge is -2.06. The molecule has 5 heteroatoms. The SMILES string of the molecule is Cc1ccc(NC(=O)Cc2ccccc2)cc1[N+](=O)[O-]. The lowest BCUT2D eigenvalue weighted by Crippen LogP contribution is -2.14.